The predicted molar refractivity (Wildman–Crippen MR) is 99.5 cm³/mol. The van der Waals surface area contributed by atoms with E-state index in [9.17, 15) is 9.18 Å². The lowest BCUT2D eigenvalue weighted by Crippen LogP contribution is -2.11. The van der Waals surface area contributed by atoms with Gasteiger partial charge in [-0.2, -0.15) is 0 Å². The molecular weight excluding hydrogens is 315 g/mol. The van der Waals surface area contributed by atoms with Gasteiger partial charge in [-0.05, 0) is 48.4 Å². The molecule has 0 atom stereocenters. The van der Waals surface area contributed by atoms with Crippen LogP contribution >= 0.6 is 0 Å². The lowest BCUT2D eigenvalue weighted by Gasteiger charge is -2.05. The van der Waals surface area contributed by atoms with Crippen LogP contribution in [0.3, 0.4) is 0 Å². The van der Waals surface area contributed by atoms with E-state index in [1.807, 2.05) is 18.2 Å². The largest absolute Gasteiger partial charge is 0.354 e. The van der Waals surface area contributed by atoms with Crippen molar-refractivity contribution in [2.24, 2.45) is 0 Å². The number of aromatic nitrogens is 1. The number of hydrogen-bond acceptors (Lipinski definition) is 1. The molecule has 25 heavy (non-hydrogen) atoms. The molecule has 0 saturated carbocycles. The first-order valence-corrected chi connectivity index (χ1v) is 8.26. The summed E-state index contributed by atoms with van der Waals surface area (Å²) in [6.07, 6.45) is 0.957. The number of halogens is 1. The molecule has 1 aromatic heterocycles. The van der Waals surface area contributed by atoms with Crippen LogP contribution in [0.4, 0.5) is 10.1 Å². The molecule has 4 rings (SSSR count). The number of aryl methyl sites for hydroxylation is 1. The third kappa shape index (κ3) is 2.76. The molecular formula is C21H17FN2O. The van der Waals surface area contributed by atoms with Gasteiger partial charge in [-0.15, -0.1) is 0 Å². The molecule has 0 spiro atoms. The van der Waals surface area contributed by atoms with E-state index in [2.05, 4.69) is 35.4 Å². The van der Waals surface area contributed by atoms with Crippen molar-refractivity contribution in [3.8, 4) is 0 Å². The smallest absolute Gasteiger partial charge is 0.255 e. The van der Waals surface area contributed by atoms with E-state index < -0.39 is 0 Å². The van der Waals surface area contributed by atoms with E-state index >= 15 is 0 Å². The third-order valence-corrected chi connectivity index (χ3v) is 4.47. The van der Waals surface area contributed by atoms with Crippen molar-refractivity contribution >= 4 is 33.4 Å². The number of nitrogens with one attached hydrogen (secondary N) is 2. The number of fused-ring (bicyclic) bond motifs is 3. The zero-order valence-electron chi connectivity index (χ0n) is 13.8. The number of amides is 1. The first kappa shape index (κ1) is 15.4. The quantitative estimate of drug-likeness (QED) is 0.527. The first-order valence-electron chi connectivity index (χ1n) is 8.26. The lowest BCUT2D eigenvalue weighted by molar-refractivity contribution is 0.102. The summed E-state index contributed by atoms with van der Waals surface area (Å²) in [5, 5.41) is 5.18. The van der Waals surface area contributed by atoms with E-state index in [0.717, 1.165) is 22.8 Å². The highest BCUT2D eigenvalue weighted by Gasteiger charge is 2.10. The molecule has 0 aliphatic carbocycles. The first-order chi connectivity index (χ1) is 12.2. The second kappa shape index (κ2) is 6.06. The minimum atomic E-state index is -0.359. The Labute approximate surface area is 144 Å². The Morgan fingerprint density at radius 2 is 1.84 bits per heavy atom. The summed E-state index contributed by atoms with van der Waals surface area (Å²) in [7, 11) is 0. The second-order valence-electron chi connectivity index (χ2n) is 6.04. The maximum atomic E-state index is 13.0. The Morgan fingerprint density at radius 1 is 1.04 bits per heavy atom. The van der Waals surface area contributed by atoms with E-state index in [1.54, 1.807) is 0 Å². The molecule has 1 heterocycles. The Bertz CT molecular complexity index is 1080. The summed E-state index contributed by atoms with van der Waals surface area (Å²) < 4.78 is 13.0. The fourth-order valence-corrected chi connectivity index (χ4v) is 3.17. The van der Waals surface area contributed by atoms with Crippen LogP contribution < -0.4 is 5.32 Å². The number of benzene rings is 3. The molecule has 0 fully saturated rings. The van der Waals surface area contributed by atoms with Crippen LogP contribution in [0.15, 0.2) is 60.7 Å². The van der Waals surface area contributed by atoms with Crippen LogP contribution in [0, 0.1) is 5.82 Å². The van der Waals surface area contributed by atoms with Gasteiger partial charge in [-0.1, -0.05) is 31.2 Å². The Kier molecular flexibility index (Phi) is 3.73. The standard InChI is InChI=1S/C21H17FN2O/c1-2-13-4-3-5-18-17-11-10-16(12-19(17)24-20(13)18)23-21(25)14-6-8-15(22)9-7-14/h3-12,24H,2H2,1H3,(H,23,25). The summed E-state index contributed by atoms with van der Waals surface area (Å²) in [4.78, 5) is 15.7. The topological polar surface area (TPSA) is 44.9 Å². The molecule has 4 heteroatoms. The van der Waals surface area contributed by atoms with Crippen molar-refractivity contribution in [1.29, 1.82) is 0 Å². The summed E-state index contributed by atoms with van der Waals surface area (Å²) >= 11 is 0. The molecule has 0 unspecified atom stereocenters. The minimum absolute atomic E-state index is 0.260. The van der Waals surface area contributed by atoms with E-state index in [-0.39, 0.29) is 11.7 Å². The fraction of sp³-hybridized carbons (Fsp3) is 0.0952. The molecule has 3 aromatic carbocycles. The minimum Gasteiger partial charge on any atom is -0.354 e. The van der Waals surface area contributed by atoms with Crippen LogP contribution in [0.2, 0.25) is 0 Å². The Morgan fingerprint density at radius 3 is 2.60 bits per heavy atom. The number of anilines is 1. The number of carbonyl (C=O) groups is 1. The molecule has 0 bridgehead atoms. The SMILES string of the molecule is CCc1cccc2c1[nH]c1cc(NC(=O)c3ccc(F)cc3)ccc12. The maximum absolute atomic E-state index is 13.0. The number of aromatic amines is 1. The molecule has 0 aliphatic rings. The van der Waals surface area contributed by atoms with Crippen molar-refractivity contribution in [2.75, 3.05) is 5.32 Å². The highest BCUT2D eigenvalue weighted by atomic mass is 19.1. The van der Waals surface area contributed by atoms with Gasteiger partial charge in [0, 0.05) is 33.1 Å². The van der Waals surface area contributed by atoms with Crippen molar-refractivity contribution in [3.63, 3.8) is 0 Å². The average Bonchev–Trinajstić information content (AvgIpc) is 3.00. The van der Waals surface area contributed by atoms with E-state index in [1.165, 1.54) is 35.2 Å². The van der Waals surface area contributed by atoms with Crippen LogP contribution in [0.5, 0.6) is 0 Å². The van der Waals surface area contributed by atoms with Gasteiger partial charge in [0.1, 0.15) is 5.82 Å². The van der Waals surface area contributed by atoms with Gasteiger partial charge in [0.15, 0.2) is 0 Å². The van der Waals surface area contributed by atoms with Crippen LogP contribution in [0.25, 0.3) is 21.8 Å². The number of rotatable bonds is 3. The predicted octanol–water partition coefficient (Wildman–Crippen LogP) is 5.27. The molecule has 3 nitrogen and oxygen atoms in total. The van der Waals surface area contributed by atoms with E-state index in [0.29, 0.717) is 11.3 Å². The Balaban J connectivity index is 1.70. The Hall–Kier alpha value is -3.14. The summed E-state index contributed by atoms with van der Waals surface area (Å²) in [6, 6.07) is 17.6. The number of carbonyl (C=O) groups excluding carboxylic acids is 1. The van der Waals surface area contributed by atoms with Gasteiger partial charge in [0.05, 0.1) is 0 Å². The molecule has 1 amide bonds. The van der Waals surface area contributed by atoms with Gasteiger partial charge in [0.25, 0.3) is 5.91 Å². The molecule has 4 aromatic rings. The highest BCUT2D eigenvalue weighted by Crippen LogP contribution is 2.29. The van der Waals surface area contributed by atoms with Crippen LogP contribution in [0.1, 0.15) is 22.8 Å². The molecule has 2 N–H and O–H groups in total. The van der Waals surface area contributed by atoms with Gasteiger partial charge in [-0.25, -0.2) is 4.39 Å². The second-order valence-corrected chi connectivity index (χ2v) is 6.04. The zero-order valence-corrected chi connectivity index (χ0v) is 13.8. The van der Waals surface area contributed by atoms with Crippen LogP contribution in [-0.4, -0.2) is 10.9 Å². The van der Waals surface area contributed by atoms with Crippen molar-refractivity contribution in [3.05, 3.63) is 77.6 Å². The van der Waals surface area contributed by atoms with Gasteiger partial charge >= 0.3 is 0 Å². The summed E-state index contributed by atoms with van der Waals surface area (Å²) in [6.45, 7) is 2.13. The van der Waals surface area contributed by atoms with Crippen molar-refractivity contribution in [2.45, 2.75) is 13.3 Å². The van der Waals surface area contributed by atoms with Gasteiger partial charge in [-0.3, -0.25) is 4.79 Å². The number of para-hydroxylation sites is 1. The fourth-order valence-electron chi connectivity index (χ4n) is 3.17. The molecule has 124 valence electrons. The lowest BCUT2D eigenvalue weighted by atomic mass is 10.1. The molecule has 0 saturated heterocycles. The number of hydrogen-bond donors (Lipinski definition) is 2. The highest BCUT2D eigenvalue weighted by molar-refractivity contribution is 6.10. The van der Waals surface area contributed by atoms with Gasteiger partial charge in [0.2, 0.25) is 0 Å². The molecule has 0 aliphatic heterocycles. The summed E-state index contributed by atoms with van der Waals surface area (Å²) in [5.74, 6) is -0.618. The van der Waals surface area contributed by atoms with E-state index in [4.69, 9.17) is 0 Å². The van der Waals surface area contributed by atoms with Crippen molar-refractivity contribution < 1.29 is 9.18 Å². The maximum Gasteiger partial charge on any atom is 0.255 e. The number of H-pyrrole nitrogens is 1. The third-order valence-electron chi connectivity index (χ3n) is 4.47. The summed E-state index contributed by atoms with van der Waals surface area (Å²) in [5.41, 5.74) is 4.51. The zero-order chi connectivity index (χ0) is 17.4. The van der Waals surface area contributed by atoms with Crippen LogP contribution in [-0.2, 0) is 6.42 Å². The van der Waals surface area contributed by atoms with Crippen molar-refractivity contribution in [1.82, 2.24) is 4.98 Å². The monoisotopic (exact) mass is 332 g/mol. The average molecular weight is 332 g/mol. The molecule has 0 radical (unpaired) electrons. The normalized spacial score (nSPS) is 11.1. The van der Waals surface area contributed by atoms with Gasteiger partial charge < -0.3 is 10.3 Å².